The fourth-order valence-corrected chi connectivity index (χ4v) is 5.69. The minimum atomic E-state index is -0.211. The molecule has 0 radical (unpaired) electrons. The Balaban J connectivity index is 2.31. The highest BCUT2D eigenvalue weighted by Crippen LogP contribution is 2.64. The van der Waals surface area contributed by atoms with E-state index >= 15 is 0 Å². The number of nitrogens with zero attached hydrogens (tertiary/aromatic N) is 1. The molecule has 1 aromatic rings. The molecule has 3 rings (SSSR count). The van der Waals surface area contributed by atoms with E-state index < -0.39 is 0 Å². The quantitative estimate of drug-likeness (QED) is 0.587. The third-order valence-corrected chi connectivity index (χ3v) is 6.95. The predicted molar refractivity (Wildman–Crippen MR) is 114 cm³/mol. The fraction of sp³-hybridized carbons (Fsp3) is 0.600. The van der Waals surface area contributed by atoms with Gasteiger partial charge in [-0.1, -0.05) is 80.5 Å². The van der Waals surface area contributed by atoms with Crippen molar-refractivity contribution in [3.8, 4) is 0 Å². The van der Waals surface area contributed by atoms with Crippen molar-refractivity contribution in [2.45, 2.75) is 85.6 Å². The largest absolute Gasteiger partial charge is 0.269 e. The van der Waals surface area contributed by atoms with Crippen molar-refractivity contribution in [3.63, 3.8) is 0 Å². The molecule has 0 bridgehead atoms. The molecule has 1 aliphatic carbocycles. The van der Waals surface area contributed by atoms with Gasteiger partial charge in [-0.2, -0.15) is 0 Å². The minimum Gasteiger partial charge on any atom is -0.269 e. The molecule has 1 aliphatic heterocycles. The summed E-state index contributed by atoms with van der Waals surface area (Å²) in [4.78, 5) is 26.5. The van der Waals surface area contributed by atoms with Crippen LogP contribution in [-0.4, -0.2) is 16.7 Å². The molecule has 0 aromatic heterocycles. The molecule has 0 spiro atoms. The van der Waals surface area contributed by atoms with Crippen molar-refractivity contribution in [1.29, 1.82) is 0 Å². The molecule has 0 saturated carbocycles. The number of imide groups is 1. The van der Waals surface area contributed by atoms with Crippen LogP contribution in [-0.2, 0) is 20.4 Å². The topological polar surface area (TPSA) is 37.4 Å². The Morgan fingerprint density at radius 2 is 1.36 bits per heavy atom. The van der Waals surface area contributed by atoms with Gasteiger partial charge in [0, 0.05) is 17.6 Å². The average molecular weight is 382 g/mol. The SMILES string of the molecule is CC(C)(C)c1ccc2c(c1)C(C(C)(C)C)(C(C)(C)C)C[C@@H]2N1C(=O)C=CC1=O. The maximum absolute atomic E-state index is 12.5. The van der Waals surface area contributed by atoms with Crippen LogP contribution in [0, 0.1) is 10.8 Å². The number of amides is 2. The van der Waals surface area contributed by atoms with Crippen LogP contribution in [0.3, 0.4) is 0 Å². The lowest BCUT2D eigenvalue weighted by Crippen LogP contribution is -2.49. The molecule has 2 aliphatic rings. The van der Waals surface area contributed by atoms with Gasteiger partial charge in [-0.05, 0) is 39.4 Å². The van der Waals surface area contributed by atoms with Crippen molar-refractivity contribution in [3.05, 3.63) is 47.0 Å². The second-order valence-corrected chi connectivity index (χ2v) is 11.6. The van der Waals surface area contributed by atoms with E-state index in [-0.39, 0.29) is 39.5 Å². The lowest BCUT2D eigenvalue weighted by molar-refractivity contribution is -0.140. The molecular weight excluding hydrogens is 346 g/mol. The summed E-state index contributed by atoms with van der Waals surface area (Å²) >= 11 is 0. The van der Waals surface area contributed by atoms with Gasteiger partial charge in [-0.25, -0.2) is 0 Å². The molecule has 152 valence electrons. The van der Waals surface area contributed by atoms with Crippen molar-refractivity contribution in [2.75, 3.05) is 0 Å². The molecule has 3 nitrogen and oxygen atoms in total. The van der Waals surface area contributed by atoms with Crippen LogP contribution in [0.4, 0.5) is 0 Å². The molecule has 0 unspecified atom stereocenters. The number of rotatable bonds is 1. The summed E-state index contributed by atoms with van der Waals surface area (Å²) < 4.78 is 0. The lowest BCUT2D eigenvalue weighted by Gasteiger charge is -2.53. The van der Waals surface area contributed by atoms with E-state index in [2.05, 4.69) is 80.5 Å². The number of carbonyl (C=O) groups is 2. The van der Waals surface area contributed by atoms with Gasteiger partial charge in [0.15, 0.2) is 0 Å². The van der Waals surface area contributed by atoms with Crippen LogP contribution in [0.1, 0.15) is 91.5 Å². The molecule has 1 atom stereocenters. The summed E-state index contributed by atoms with van der Waals surface area (Å²) in [6.45, 7) is 20.4. The van der Waals surface area contributed by atoms with Crippen molar-refractivity contribution >= 4 is 11.8 Å². The zero-order valence-corrected chi connectivity index (χ0v) is 18.9. The zero-order valence-electron chi connectivity index (χ0n) is 18.9. The van der Waals surface area contributed by atoms with Gasteiger partial charge in [0.25, 0.3) is 11.8 Å². The van der Waals surface area contributed by atoms with Gasteiger partial charge in [0.2, 0.25) is 0 Å². The summed E-state index contributed by atoms with van der Waals surface area (Å²) in [6, 6.07) is 6.48. The second kappa shape index (κ2) is 6.05. The van der Waals surface area contributed by atoms with Crippen LogP contribution in [0.15, 0.2) is 30.4 Å². The summed E-state index contributed by atoms with van der Waals surface area (Å²) in [5.41, 5.74) is 3.53. The fourth-order valence-electron chi connectivity index (χ4n) is 5.69. The van der Waals surface area contributed by atoms with Gasteiger partial charge in [-0.3, -0.25) is 14.5 Å². The number of hydrogen-bond acceptors (Lipinski definition) is 2. The molecule has 0 N–H and O–H groups in total. The third kappa shape index (κ3) is 2.86. The van der Waals surface area contributed by atoms with Gasteiger partial charge in [0.05, 0.1) is 6.04 Å². The highest BCUT2D eigenvalue weighted by molar-refractivity contribution is 6.13. The molecular formula is C25H35NO2. The average Bonchev–Trinajstić information content (AvgIpc) is 3.03. The molecule has 2 amide bonds. The highest BCUT2D eigenvalue weighted by atomic mass is 16.2. The van der Waals surface area contributed by atoms with E-state index in [1.807, 2.05) is 0 Å². The summed E-state index contributed by atoms with van der Waals surface area (Å²) in [6.07, 6.45) is 3.57. The number of benzene rings is 1. The molecule has 1 heterocycles. The van der Waals surface area contributed by atoms with Crippen LogP contribution >= 0.6 is 0 Å². The summed E-state index contributed by atoms with van der Waals surface area (Å²) in [7, 11) is 0. The standard InChI is InChI=1S/C25H35NO2/c1-22(2,3)16-10-11-17-18(14-16)25(23(4,5)6,24(7,8)9)15-19(17)26-20(27)12-13-21(26)28/h10-14,19H,15H2,1-9H3/t19-/m0/s1. The summed E-state index contributed by atoms with van der Waals surface area (Å²) in [5, 5.41) is 0. The van der Waals surface area contributed by atoms with E-state index in [4.69, 9.17) is 0 Å². The number of hydrogen-bond donors (Lipinski definition) is 0. The van der Waals surface area contributed by atoms with Crippen LogP contribution in [0.2, 0.25) is 0 Å². The van der Waals surface area contributed by atoms with Gasteiger partial charge < -0.3 is 0 Å². The van der Waals surface area contributed by atoms with Gasteiger partial charge >= 0.3 is 0 Å². The molecule has 0 fully saturated rings. The number of carbonyl (C=O) groups excluding carboxylic acids is 2. The first-order valence-electron chi connectivity index (χ1n) is 10.3. The Hall–Kier alpha value is -1.90. The van der Waals surface area contributed by atoms with E-state index in [0.29, 0.717) is 0 Å². The van der Waals surface area contributed by atoms with Crippen LogP contribution in [0.5, 0.6) is 0 Å². The van der Waals surface area contributed by atoms with E-state index in [9.17, 15) is 9.59 Å². The maximum atomic E-state index is 12.5. The maximum Gasteiger partial charge on any atom is 0.254 e. The molecule has 1 aromatic carbocycles. The first-order valence-corrected chi connectivity index (χ1v) is 10.3. The highest BCUT2D eigenvalue weighted by Gasteiger charge is 2.59. The minimum absolute atomic E-state index is 0.0372. The smallest absolute Gasteiger partial charge is 0.254 e. The second-order valence-electron chi connectivity index (χ2n) is 11.6. The lowest BCUT2D eigenvalue weighted by atomic mass is 9.51. The van der Waals surface area contributed by atoms with E-state index in [1.165, 1.54) is 28.2 Å². The Morgan fingerprint density at radius 1 is 0.857 bits per heavy atom. The number of fused-ring (bicyclic) bond motifs is 1. The Labute approximate surface area is 170 Å². The van der Waals surface area contributed by atoms with Crippen LogP contribution < -0.4 is 0 Å². The van der Waals surface area contributed by atoms with Crippen LogP contribution in [0.25, 0.3) is 0 Å². The van der Waals surface area contributed by atoms with E-state index in [1.54, 1.807) is 0 Å². The van der Waals surface area contributed by atoms with Gasteiger partial charge in [-0.15, -0.1) is 0 Å². The van der Waals surface area contributed by atoms with Gasteiger partial charge in [0.1, 0.15) is 0 Å². The van der Waals surface area contributed by atoms with Crippen molar-refractivity contribution in [2.24, 2.45) is 10.8 Å². The Kier molecular flexibility index (Phi) is 4.50. The van der Waals surface area contributed by atoms with Crippen molar-refractivity contribution in [1.82, 2.24) is 4.90 Å². The molecule has 3 heteroatoms. The zero-order chi connectivity index (χ0) is 21.3. The first-order chi connectivity index (χ1) is 12.6. The summed E-state index contributed by atoms with van der Waals surface area (Å²) in [5.74, 6) is -0.390. The monoisotopic (exact) mass is 381 g/mol. The van der Waals surface area contributed by atoms with E-state index in [0.717, 1.165) is 12.0 Å². The predicted octanol–water partition coefficient (Wildman–Crippen LogP) is 5.68. The Morgan fingerprint density at radius 3 is 1.79 bits per heavy atom. The van der Waals surface area contributed by atoms with Crippen molar-refractivity contribution < 1.29 is 9.59 Å². The first kappa shape index (κ1) is 20.8. The molecule has 0 saturated heterocycles. The molecule has 28 heavy (non-hydrogen) atoms. The third-order valence-electron chi connectivity index (χ3n) is 6.95. The normalized spacial score (nSPS) is 22.2. The Bertz CT molecular complexity index is 824.